The summed E-state index contributed by atoms with van der Waals surface area (Å²) < 4.78 is 13.0. The van der Waals surface area contributed by atoms with Gasteiger partial charge < -0.3 is 18.9 Å². The van der Waals surface area contributed by atoms with E-state index in [0.29, 0.717) is 30.0 Å². The van der Waals surface area contributed by atoms with Crippen LogP contribution in [0.5, 0.6) is 0 Å². The molecule has 33 heavy (non-hydrogen) atoms. The van der Waals surface area contributed by atoms with E-state index in [1.165, 1.54) is 18.2 Å². The molecule has 2 aromatic rings. The molecule has 0 bridgehead atoms. The van der Waals surface area contributed by atoms with Gasteiger partial charge in [-0.1, -0.05) is 17.7 Å². The molecule has 1 unspecified atom stereocenters. The predicted molar refractivity (Wildman–Crippen MR) is 128 cm³/mol. The molecule has 6 heteroatoms. The van der Waals surface area contributed by atoms with Gasteiger partial charge in [-0.05, 0) is 76.8 Å². The number of carbonyl (C=O) groups excluding carboxylic acids is 2. The Morgan fingerprint density at radius 2 is 1.94 bits per heavy atom. The van der Waals surface area contributed by atoms with Crippen molar-refractivity contribution in [3.05, 3.63) is 69.2 Å². The zero-order valence-electron chi connectivity index (χ0n) is 20.3. The van der Waals surface area contributed by atoms with E-state index in [2.05, 4.69) is 49.6 Å². The van der Waals surface area contributed by atoms with Gasteiger partial charge in [0.25, 0.3) is 5.91 Å². The molecule has 0 aliphatic carbocycles. The van der Waals surface area contributed by atoms with E-state index >= 15 is 0 Å². The van der Waals surface area contributed by atoms with Gasteiger partial charge >= 0.3 is 5.97 Å². The number of aryl methyl sites for hydroxylation is 3. The molecule has 0 radical (unpaired) electrons. The van der Waals surface area contributed by atoms with Gasteiger partial charge in [0, 0.05) is 29.4 Å². The summed E-state index contributed by atoms with van der Waals surface area (Å²) >= 11 is 0. The van der Waals surface area contributed by atoms with E-state index in [0.717, 1.165) is 35.5 Å². The van der Waals surface area contributed by atoms with E-state index in [1.807, 2.05) is 13.0 Å². The number of aromatic nitrogens is 1. The molecule has 2 aliphatic heterocycles. The van der Waals surface area contributed by atoms with E-state index in [9.17, 15) is 9.59 Å². The van der Waals surface area contributed by atoms with Crippen molar-refractivity contribution in [2.45, 2.75) is 53.6 Å². The Morgan fingerprint density at radius 1 is 1.18 bits per heavy atom. The molecule has 0 spiro atoms. The number of ether oxygens (including phenoxy) is 2. The zero-order valence-corrected chi connectivity index (χ0v) is 20.3. The molecule has 1 aromatic heterocycles. The summed E-state index contributed by atoms with van der Waals surface area (Å²) in [5.41, 5.74) is 7.81. The number of rotatable bonds is 5. The fourth-order valence-corrected chi connectivity index (χ4v) is 4.96. The molecule has 4 rings (SSSR count). The largest absolute Gasteiger partial charge is 0.465 e. The third-order valence-corrected chi connectivity index (χ3v) is 6.67. The van der Waals surface area contributed by atoms with Crippen LogP contribution < -0.4 is 0 Å². The first kappa shape index (κ1) is 23.1. The Morgan fingerprint density at radius 3 is 2.58 bits per heavy atom. The SMILES string of the molecule is COC(=O)C1=C(C)N(CC2CCCO2)C(=O)/C1=C/c1cc(C)n(-c2ccc(C)cc2C)c1C. The number of hydrogen-bond acceptors (Lipinski definition) is 4. The summed E-state index contributed by atoms with van der Waals surface area (Å²) in [7, 11) is 1.35. The lowest BCUT2D eigenvalue weighted by Crippen LogP contribution is -2.33. The van der Waals surface area contributed by atoms with Crippen molar-refractivity contribution in [2.75, 3.05) is 20.3 Å². The van der Waals surface area contributed by atoms with E-state index in [1.54, 1.807) is 11.8 Å². The molecule has 2 aliphatic rings. The number of esters is 1. The molecule has 1 atom stereocenters. The van der Waals surface area contributed by atoms with Crippen LogP contribution >= 0.6 is 0 Å². The first-order valence-corrected chi connectivity index (χ1v) is 11.4. The van der Waals surface area contributed by atoms with Crippen LogP contribution in [0.2, 0.25) is 0 Å². The minimum absolute atomic E-state index is 0.00303. The third kappa shape index (κ3) is 4.15. The Labute approximate surface area is 195 Å². The van der Waals surface area contributed by atoms with Gasteiger partial charge in [0.15, 0.2) is 0 Å². The first-order valence-electron chi connectivity index (χ1n) is 11.4. The maximum Gasteiger partial charge on any atom is 0.340 e. The molecule has 6 nitrogen and oxygen atoms in total. The molecule has 1 fully saturated rings. The Balaban J connectivity index is 1.77. The van der Waals surface area contributed by atoms with Crippen LogP contribution in [-0.2, 0) is 19.1 Å². The van der Waals surface area contributed by atoms with Crippen molar-refractivity contribution in [1.29, 1.82) is 0 Å². The molecule has 0 saturated carbocycles. The van der Waals surface area contributed by atoms with Gasteiger partial charge in [-0.3, -0.25) is 4.79 Å². The van der Waals surface area contributed by atoms with Gasteiger partial charge in [-0.15, -0.1) is 0 Å². The normalized spacial score (nSPS) is 19.8. The summed E-state index contributed by atoms with van der Waals surface area (Å²) in [6.07, 6.45) is 3.74. The van der Waals surface area contributed by atoms with Crippen LogP contribution in [0.25, 0.3) is 11.8 Å². The van der Waals surface area contributed by atoms with Crippen molar-refractivity contribution in [1.82, 2.24) is 9.47 Å². The number of carbonyl (C=O) groups is 2. The van der Waals surface area contributed by atoms with Gasteiger partial charge in [-0.2, -0.15) is 0 Å². The smallest absolute Gasteiger partial charge is 0.340 e. The third-order valence-electron chi connectivity index (χ3n) is 6.67. The zero-order chi connectivity index (χ0) is 23.9. The molecule has 3 heterocycles. The molecule has 1 aromatic carbocycles. The van der Waals surface area contributed by atoms with E-state index < -0.39 is 5.97 Å². The standard InChI is InChI=1S/C27H32N2O4/c1-16-9-10-24(17(2)12-16)29-18(3)13-21(19(29)4)14-23-25(27(31)32-6)20(5)28(26(23)30)15-22-8-7-11-33-22/h9-10,12-14,22H,7-8,11,15H2,1-6H3/b23-14+. The lowest BCUT2D eigenvalue weighted by atomic mass is 10.0. The first-order chi connectivity index (χ1) is 15.7. The van der Waals surface area contributed by atoms with Crippen molar-refractivity contribution >= 4 is 18.0 Å². The molecule has 174 valence electrons. The predicted octanol–water partition coefficient (Wildman–Crippen LogP) is 4.56. The minimum Gasteiger partial charge on any atom is -0.465 e. The summed E-state index contributed by atoms with van der Waals surface area (Å²) in [5, 5.41) is 0. The Kier molecular flexibility index (Phi) is 6.30. The highest BCUT2D eigenvalue weighted by Crippen LogP contribution is 2.34. The molecular formula is C27H32N2O4. The van der Waals surface area contributed by atoms with Crippen LogP contribution in [0.4, 0.5) is 0 Å². The van der Waals surface area contributed by atoms with Crippen molar-refractivity contribution in [3.8, 4) is 5.69 Å². The lowest BCUT2D eigenvalue weighted by molar-refractivity contribution is -0.136. The van der Waals surface area contributed by atoms with Gasteiger partial charge in [0.1, 0.15) is 0 Å². The summed E-state index contributed by atoms with van der Waals surface area (Å²) in [4.78, 5) is 27.8. The number of benzene rings is 1. The highest BCUT2D eigenvalue weighted by atomic mass is 16.5. The average molecular weight is 449 g/mol. The maximum atomic E-state index is 13.4. The van der Waals surface area contributed by atoms with Gasteiger partial charge in [-0.25, -0.2) is 4.79 Å². The van der Waals surface area contributed by atoms with E-state index in [-0.39, 0.29) is 12.0 Å². The van der Waals surface area contributed by atoms with Crippen LogP contribution in [-0.4, -0.2) is 47.7 Å². The molecular weight excluding hydrogens is 416 g/mol. The molecule has 1 amide bonds. The number of amides is 1. The van der Waals surface area contributed by atoms with Crippen LogP contribution in [0.1, 0.15) is 47.8 Å². The summed E-state index contributed by atoms with van der Waals surface area (Å²) in [6.45, 7) is 11.2. The summed E-state index contributed by atoms with van der Waals surface area (Å²) in [5.74, 6) is -0.676. The number of methoxy groups -OCH3 is 1. The van der Waals surface area contributed by atoms with Crippen molar-refractivity contribution < 1.29 is 19.1 Å². The molecule has 0 N–H and O–H groups in total. The minimum atomic E-state index is -0.495. The number of allylic oxidation sites excluding steroid dienone is 1. The quantitative estimate of drug-likeness (QED) is 0.497. The monoisotopic (exact) mass is 448 g/mol. The van der Waals surface area contributed by atoms with Gasteiger partial charge in [0.2, 0.25) is 0 Å². The highest BCUT2D eigenvalue weighted by Gasteiger charge is 2.38. The second kappa shape index (κ2) is 9.02. The number of nitrogens with zero attached hydrogens (tertiary/aromatic N) is 2. The van der Waals surface area contributed by atoms with Crippen molar-refractivity contribution in [2.24, 2.45) is 0 Å². The van der Waals surface area contributed by atoms with Crippen LogP contribution in [0.15, 0.2) is 41.1 Å². The Hall–Kier alpha value is -3.12. The Bertz CT molecular complexity index is 1180. The second-order valence-corrected chi connectivity index (χ2v) is 9.01. The summed E-state index contributed by atoms with van der Waals surface area (Å²) in [6, 6.07) is 8.44. The van der Waals surface area contributed by atoms with Gasteiger partial charge in [0.05, 0.1) is 30.9 Å². The highest BCUT2D eigenvalue weighted by molar-refractivity contribution is 6.16. The van der Waals surface area contributed by atoms with E-state index in [4.69, 9.17) is 9.47 Å². The second-order valence-electron chi connectivity index (χ2n) is 9.01. The molecule has 1 saturated heterocycles. The fourth-order valence-electron chi connectivity index (χ4n) is 4.96. The topological polar surface area (TPSA) is 60.8 Å². The lowest BCUT2D eigenvalue weighted by Gasteiger charge is -2.21. The maximum absolute atomic E-state index is 13.4. The average Bonchev–Trinajstić information content (AvgIpc) is 3.44. The fraction of sp³-hybridized carbons (Fsp3) is 0.407. The van der Waals surface area contributed by atoms with Crippen LogP contribution in [0.3, 0.4) is 0 Å². The number of hydrogen-bond donors (Lipinski definition) is 0. The van der Waals surface area contributed by atoms with Crippen molar-refractivity contribution in [3.63, 3.8) is 0 Å². The van der Waals surface area contributed by atoms with Crippen LogP contribution in [0, 0.1) is 27.7 Å².